The Morgan fingerprint density at radius 3 is 2.75 bits per heavy atom. The van der Waals surface area contributed by atoms with Crippen molar-refractivity contribution >= 4 is 0 Å². The zero-order chi connectivity index (χ0) is 11.4. The summed E-state index contributed by atoms with van der Waals surface area (Å²) >= 11 is 0. The van der Waals surface area contributed by atoms with E-state index in [2.05, 4.69) is 30.2 Å². The summed E-state index contributed by atoms with van der Waals surface area (Å²) in [6.07, 6.45) is 7.84. The standard InChI is InChI=1S/C14H22N2/c1-11(2)16-10-14-6-5-13(14)8-12-4-3-7-15-9-12/h3-4,7,9,11,13-14,16H,5-6,8,10H2,1-2H3. The molecular weight excluding hydrogens is 196 g/mol. The van der Waals surface area contributed by atoms with Gasteiger partial charge in [0.05, 0.1) is 0 Å². The maximum atomic E-state index is 4.18. The molecule has 0 aromatic carbocycles. The number of hydrogen-bond donors (Lipinski definition) is 1. The molecule has 2 nitrogen and oxygen atoms in total. The Hall–Kier alpha value is -0.890. The van der Waals surface area contributed by atoms with Gasteiger partial charge in [-0.05, 0) is 49.3 Å². The molecule has 1 saturated carbocycles. The van der Waals surface area contributed by atoms with Crippen LogP contribution in [0.25, 0.3) is 0 Å². The Morgan fingerprint density at radius 1 is 1.38 bits per heavy atom. The van der Waals surface area contributed by atoms with E-state index in [0.717, 1.165) is 11.8 Å². The van der Waals surface area contributed by atoms with Crippen molar-refractivity contribution in [1.82, 2.24) is 10.3 Å². The molecule has 0 aliphatic heterocycles. The highest BCUT2D eigenvalue weighted by atomic mass is 14.9. The van der Waals surface area contributed by atoms with Crippen molar-refractivity contribution in [1.29, 1.82) is 0 Å². The second kappa shape index (κ2) is 5.44. The van der Waals surface area contributed by atoms with Crippen molar-refractivity contribution in [2.75, 3.05) is 6.54 Å². The highest BCUT2D eigenvalue weighted by Crippen LogP contribution is 2.36. The number of nitrogens with zero attached hydrogens (tertiary/aromatic N) is 1. The summed E-state index contributed by atoms with van der Waals surface area (Å²) in [6, 6.07) is 4.84. The monoisotopic (exact) mass is 218 g/mol. The second-order valence-corrected chi connectivity index (χ2v) is 5.23. The van der Waals surface area contributed by atoms with Gasteiger partial charge in [-0.15, -0.1) is 0 Å². The van der Waals surface area contributed by atoms with Crippen LogP contribution in [0.3, 0.4) is 0 Å². The third kappa shape index (κ3) is 3.05. The van der Waals surface area contributed by atoms with Crippen molar-refractivity contribution in [3.63, 3.8) is 0 Å². The Balaban J connectivity index is 1.78. The number of aromatic nitrogens is 1. The van der Waals surface area contributed by atoms with Crippen LogP contribution in [0, 0.1) is 11.8 Å². The molecule has 0 radical (unpaired) electrons. The van der Waals surface area contributed by atoms with E-state index in [1.807, 2.05) is 18.5 Å². The van der Waals surface area contributed by atoms with Crippen LogP contribution in [0.1, 0.15) is 32.3 Å². The zero-order valence-corrected chi connectivity index (χ0v) is 10.3. The first-order valence-corrected chi connectivity index (χ1v) is 6.38. The zero-order valence-electron chi connectivity index (χ0n) is 10.3. The highest BCUT2D eigenvalue weighted by molar-refractivity contribution is 5.10. The van der Waals surface area contributed by atoms with Gasteiger partial charge in [0.15, 0.2) is 0 Å². The Bertz CT molecular complexity index is 308. The molecule has 0 bridgehead atoms. The molecular formula is C14H22N2. The summed E-state index contributed by atoms with van der Waals surface area (Å²) in [5.74, 6) is 1.75. The minimum Gasteiger partial charge on any atom is -0.314 e. The number of pyridine rings is 1. The normalized spacial score (nSPS) is 24.4. The molecule has 1 heterocycles. The summed E-state index contributed by atoms with van der Waals surface area (Å²) < 4.78 is 0. The minimum absolute atomic E-state index is 0.611. The quantitative estimate of drug-likeness (QED) is 0.822. The first-order valence-electron chi connectivity index (χ1n) is 6.38. The smallest absolute Gasteiger partial charge is 0.0299 e. The summed E-state index contributed by atoms with van der Waals surface area (Å²) in [5.41, 5.74) is 1.39. The molecule has 0 amide bonds. The van der Waals surface area contributed by atoms with Crippen molar-refractivity contribution in [3.8, 4) is 0 Å². The maximum Gasteiger partial charge on any atom is 0.0299 e. The van der Waals surface area contributed by atoms with E-state index in [9.17, 15) is 0 Å². The molecule has 2 heteroatoms. The van der Waals surface area contributed by atoms with E-state index >= 15 is 0 Å². The number of rotatable bonds is 5. The van der Waals surface area contributed by atoms with Gasteiger partial charge in [-0.25, -0.2) is 0 Å². The van der Waals surface area contributed by atoms with Gasteiger partial charge < -0.3 is 5.32 Å². The summed E-state index contributed by atoms with van der Waals surface area (Å²) in [6.45, 7) is 5.62. The molecule has 1 aromatic rings. The summed E-state index contributed by atoms with van der Waals surface area (Å²) in [4.78, 5) is 4.18. The second-order valence-electron chi connectivity index (χ2n) is 5.23. The topological polar surface area (TPSA) is 24.9 Å². The molecule has 16 heavy (non-hydrogen) atoms. The van der Waals surface area contributed by atoms with Crippen LogP contribution < -0.4 is 5.32 Å². The third-order valence-electron chi connectivity index (χ3n) is 3.58. The van der Waals surface area contributed by atoms with Crippen LogP contribution >= 0.6 is 0 Å². The summed E-state index contributed by atoms with van der Waals surface area (Å²) in [5, 5.41) is 3.55. The molecule has 2 rings (SSSR count). The first kappa shape index (κ1) is 11.6. The molecule has 1 aromatic heterocycles. The van der Waals surface area contributed by atoms with Crippen LogP contribution in [0.15, 0.2) is 24.5 Å². The lowest BCUT2D eigenvalue weighted by Crippen LogP contribution is -2.38. The van der Waals surface area contributed by atoms with Crippen molar-refractivity contribution in [2.45, 2.75) is 39.2 Å². The Labute approximate surface area is 98.5 Å². The van der Waals surface area contributed by atoms with Crippen LogP contribution in [-0.2, 0) is 6.42 Å². The molecule has 1 aliphatic rings. The van der Waals surface area contributed by atoms with E-state index in [-0.39, 0.29) is 0 Å². The molecule has 88 valence electrons. The highest BCUT2D eigenvalue weighted by Gasteiger charge is 2.30. The molecule has 2 unspecified atom stereocenters. The molecule has 1 N–H and O–H groups in total. The van der Waals surface area contributed by atoms with E-state index in [1.165, 1.54) is 31.4 Å². The van der Waals surface area contributed by atoms with E-state index in [0.29, 0.717) is 6.04 Å². The van der Waals surface area contributed by atoms with Crippen molar-refractivity contribution < 1.29 is 0 Å². The molecule has 2 atom stereocenters. The van der Waals surface area contributed by atoms with E-state index < -0.39 is 0 Å². The molecule has 1 aliphatic carbocycles. The number of hydrogen-bond acceptors (Lipinski definition) is 2. The van der Waals surface area contributed by atoms with Crippen molar-refractivity contribution in [3.05, 3.63) is 30.1 Å². The van der Waals surface area contributed by atoms with Gasteiger partial charge in [0.1, 0.15) is 0 Å². The van der Waals surface area contributed by atoms with E-state index in [4.69, 9.17) is 0 Å². The van der Waals surface area contributed by atoms with Crippen LogP contribution in [0.2, 0.25) is 0 Å². The minimum atomic E-state index is 0.611. The average Bonchev–Trinajstić information content (AvgIpc) is 2.26. The van der Waals surface area contributed by atoms with Gasteiger partial charge in [0.2, 0.25) is 0 Å². The third-order valence-corrected chi connectivity index (χ3v) is 3.58. The predicted octanol–water partition coefficient (Wildman–Crippen LogP) is 2.65. The van der Waals surface area contributed by atoms with Gasteiger partial charge in [-0.3, -0.25) is 4.98 Å². The largest absolute Gasteiger partial charge is 0.314 e. The maximum absolute atomic E-state index is 4.18. The number of nitrogens with one attached hydrogen (secondary N) is 1. The van der Waals surface area contributed by atoms with Gasteiger partial charge in [0.25, 0.3) is 0 Å². The van der Waals surface area contributed by atoms with Gasteiger partial charge in [0, 0.05) is 18.4 Å². The lowest BCUT2D eigenvalue weighted by atomic mass is 9.71. The average molecular weight is 218 g/mol. The first-order chi connectivity index (χ1) is 7.75. The predicted molar refractivity (Wildman–Crippen MR) is 67.3 cm³/mol. The van der Waals surface area contributed by atoms with Crippen molar-refractivity contribution in [2.24, 2.45) is 11.8 Å². The van der Waals surface area contributed by atoms with Gasteiger partial charge >= 0.3 is 0 Å². The lowest BCUT2D eigenvalue weighted by Gasteiger charge is -2.37. The summed E-state index contributed by atoms with van der Waals surface area (Å²) in [7, 11) is 0. The van der Waals surface area contributed by atoms with Crippen LogP contribution in [0.5, 0.6) is 0 Å². The lowest BCUT2D eigenvalue weighted by molar-refractivity contribution is 0.167. The van der Waals surface area contributed by atoms with Crippen LogP contribution in [0.4, 0.5) is 0 Å². The molecule has 0 spiro atoms. The Kier molecular flexibility index (Phi) is 3.94. The van der Waals surface area contributed by atoms with Gasteiger partial charge in [-0.1, -0.05) is 19.9 Å². The molecule has 1 fully saturated rings. The fourth-order valence-electron chi connectivity index (χ4n) is 2.38. The van der Waals surface area contributed by atoms with Gasteiger partial charge in [-0.2, -0.15) is 0 Å². The fraction of sp³-hybridized carbons (Fsp3) is 0.643. The van der Waals surface area contributed by atoms with Crippen LogP contribution in [-0.4, -0.2) is 17.6 Å². The Morgan fingerprint density at radius 2 is 2.19 bits per heavy atom. The fourth-order valence-corrected chi connectivity index (χ4v) is 2.38. The SMILES string of the molecule is CC(C)NCC1CCC1Cc1cccnc1. The molecule has 0 saturated heterocycles. The van der Waals surface area contributed by atoms with E-state index in [1.54, 1.807) is 0 Å².